The summed E-state index contributed by atoms with van der Waals surface area (Å²) in [5.41, 5.74) is 0. The van der Waals surface area contributed by atoms with Crippen molar-refractivity contribution in [2.24, 2.45) is 0 Å². The van der Waals surface area contributed by atoms with E-state index < -0.39 is 0 Å². The number of halogens is 1. The Labute approximate surface area is 40.1 Å². The highest BCUT2D eigenvalue weighted by atomic mass is 79.9. The van der Waals surface area contributed by atoms with Crippen LogP contribution in [0.2, 0.25) is 0 Å². The van der Waals surface area contributed by atoms with Crippen LogP contribution >= 0.6 is 15.9 Å². The van der Waals surface area contributed by atoms with E-state index in [-0.39, 0.29) is 6.10 Å². The summed E-state index contributed by atoms with van der Waals surface area (Å²) in [6.45, 7) is 1.73. The molecule has 0 rings (SSSR count). The molecule has 0 aliphatic carbocycles. The first-order valence-electron chi connectivity index (χ1n) is 1.51. The van der Waals surface area contributed by atoms with Gasteiger partial charge < -0.3 is 5.11 Å². The first-order chi connectivity index (χ1) is 2.27. The molecular weight excluding hydrogens is 132 g/mol. The van der Waals surface area contributed by atoms with Gasteiger partial charge in [0.15, 0.2) is 0 Å². The molecular formula is C3H7BrO. The Morgan fingerprint density at radius 3 is 2.20 bits per heavy atom. The topological polar surface area (TPSA) is 20.2 Å². The summed E-state index contributed by atoms with van der Waals surface area (Å²) in [4.78, 5) is 0. The summed E-state index contributed by atoms with van der Waals surface area (Å²) < 4.78 is 0. The molecule has 0 aromatic heterocycles. The highest BCUT2D eigenvalue weighted by Gasteiger charge is 1.83. The fourth-order valence-corrected chi connectivity index (χ4v) is 0. The van der Waals surface area contributed by atoms with Crippen LogP contribution in [0, 0.1) is 0 Å². The van der Waals surface area contributed by atoms with E-state index in [2.05, 4.69) is 15.9 Å². The van der Waals surface area contributed by atoms with E-state index in [1.165, 1.54) is 0 Å². The molecule has 0 saturated carbocycles. The van der Waals surface area contributed by atoms with E-state index in [0.29, 0.717) is 5.33 Å². The molecule has 0 aromatic rings. The van der Waals surface area contributed by atoms with Gasteiger partial charge in [-0.1, -0.05) is 15.9 Å². The van der Waals surface area contributed by atoms with Gasteiger partial charge in [0.05, 0.1) is 6.10 Å². The fourth-order valence-electron chi connectivity index (χ4n) is 0. The standard InChI is InChI=1S/C3H7BrO/c1-3(5)2-4/h3,5H,2H2,1H3/t3-/m0/s1. The molecule has 1 atom stereocenters. The minimum Gasteiger partial charge on any atom is -0.393 e. The molecule has 0 unspecified atom stereocenters. The Kier molecular flexibility index (Phi) is 2.90. The lowest BCUT2D eigenvalue weighted by atomic mass is 10.5. The van der Waals surface area contributed by atoms with Gasteiger partial charge in [-0.25, -0.2) is 0 Å². The molecule has 0 spiro atoms. The second kappa shape index (κ2) is 2.67. The summed E-state index contributed by atoms with van der Waals surface area (Å²) in [6.07, 6.45) is -0.199. The molecule has 0 radical (unpaired) electrons. The van der Waals surface area contributed by atoms with E-state index in [1.54, 1.807) is 6.92 Å². The van der Waals surface area contributed by atoms with Gasteiger partial charge >= 0.3 is 0 Å². The molecule has 0 aliphatic heterocycles. The van der Waals surface area contributed by atoms with Crippen molar-refractivity contribution < 1.29 is 5.11 Å². The number of aliphatic hydroxyl groups excluding tert-OH is 1. The van der Waals surface area contributed by atoms with Gasteiger partial charge in [-0.15, -0.1) is 0 Å². The summed E-state index contributed by atoms with van der Waals surface area (Å²) in [6, 6.07) is 0. The minimum absolute atomic E-state index is 0.199. The van der Waals surface area contributed by atoms with Crippen LogP contribution in [-0.2, 0) is 0 Å². The lowest BCUT2D eigenvalue weighted by Gasteiger charge is -1.89. The molecule has 0 aromatic carbocycles. The second-order valence-corrected chi connectivity index (χ2v) is 1.65. The van der Waals surface area contributed by atoms with Gasteiger partial charge in [-0.05, 0) is 6.92 Å². The van der Waals surface area contributed by atoms with Crippen LogP contribution in [-0.4, -0.2) is 16.5 Å². The van der Waals surface area contributed by atoms with Crippen molar-refractivity contribution in [3.8, 4) is 0 Å². The largest absolute Gasteiger partial charge is 0.393 e. The van der Waals surface area contributed by atoms with Gasteiger partial charge in [0.2, 0.25) is 0 Å². The van der Waals surface area contributed by atoms with Gasteiger partial charge in [0, 0.05) is 5.33 Å². The van der Waals surface area contributed by atoms with Crippen molar-refractivity contribution in [2.75, 3.05) is 5.33 Å². The minimum atomic E-state index is -0.199. The highest BCUT2D eigenvalue weighted by Crippen LogP contribution is 1.84. The number of rotatable bonds is 1. The summed E-state index contributed by atoms with van der Waals surface area (Å²) in [5.74, 6) is 0. The van der Waals surface area contributed by atoms with Gasteiger partial charge in [0.25, 0.3) is 0 Å². The average Bonchev–Trinajstić information content (AvgIpc) is 1.38. The third kappa shape index (κ3) is 4.44. The monoisotopic (exact) mass is 138 g/mol. The van der Waals surface area contributed by atoms with Crippen LogP contribution in [0.3, 0.4) is 0 Å². The molecule has 32 valence electrons. The maximum Gasteiger partial charge on any atom is 0.0608 e. The van der Waals surface area contributed by atoms with Crippen LogP contribution in [0.25, 0.3) is 0 Å². The van der Waals surface area contributed by atoms with Crippen molar-refractivity contribution in [1.82, 2.24) is 0 Å². The highest BCUT2D eigenvalue weighted by molar-refractivity contribution is 9.09. The molecule has 0 bridgehead atoms. The van der Waals surface area contributed by atoms with Crippen LogP contribution in [0.5, 0.6) is 0 Å². The number of aliphatic hydroxyl groups is 1. The molecule has 0 amide bonds. The van der Waals surface area contributed by atoms with E-state index in [0.717, 1.165) is 0 Å². The SMILES string of the molecule is C[C@H](O)CBr. The molecule has 0 fully saturated rings. The quantitative estimate of drug-likeness (QED) is 0.531. The Bertz CT molecular complexity index is 20.9. The lowest BCUT2D eigenvalue weighted by molar-refractivity contribution is 0.222. The van der Waals surface area contributed by atoms with E-state index in [4.69, 9.17) is 5.11 Å². The summed E-state index contributed by atoms with van der Waals surface area (Å²) in [5, 5.41) is 8.99. The van der Waals surface area contributed by atoms with E-state index >= 15 is 0 Å². The zero-order valence-electron chi connectivity index (χ0n) is 3.11. The molecule has 2 heteroatoms. The summed E-state index contributed by atoms with van der Waals surface area (Å²) in [7, 11) is 0. The summed E-state index contributed by atoms with van der Waals surface area (Å²) >= 11 is 3.06. The van der Waals surface area contributed by atoms with Crippen molar-refractivity contribution in [3.05, 3.63) is 0 Å². The second-order valence-electron chi connectivity index (χ2n) is 1.00. The predicted octanol–water partition coefficient (Wildman–Crippen LogP) is 0.762. The van der Waals surface area contributed by atoms with Crippen molar-refractivity contribution in [2.45, 2.75) is 13.0 Å². The first kappa shape index (κ1) is 5.44. The zero-order valence-corrected chi connectivity index (χ0v) is 4.70. The van der Waals surface area contributed by atoms with E-state index in [1.807, 2.05) is 0 Å². The molecule has 0 saturated heterocycles. The molecule has 0 aliphatic rings. The maximum atomic E-state index is 8.31. The zero-order chi connectivity index (χ0) is 4.28. The molecule has 1 nitrogen and oxygen atoms in total. The van der Waals surface area contributed by atoms with Gasteiger partial charge in [-0.3, -0.25) is 0 Å². The predicted molar refractivity (Wildman–Crippen MR) is 25.5 cm³/mol. The Hall–Kier alpha value is 0.440. The third-order valence-electron chi connectivity index (χ3n) is 0.223. The first-order valence-corrected chi connectivity index (χ1v) is 2.63. The molecule has 0 heterocycles. The van der Waals surface area contributed by atoms with Crippen LogP contribution in [0.4, 0.5) is 0 Å². The molecule has 5 heavy (non-hydrogen) atoms. The average molecular weight is 139 g/mol. The fraction of sp³-hybridized carbons (Fsp3) is 1.00. The smallest absolute Gasteiger partial charge is 0.0608 e. The normalized spacial score (nSPS) is 15.0. The molecule has 1 N–H and O–H groups in total. The van der Waals surface area contributed by atoms with Crippen LogP contribution < -0.4 is 0 Å². The van der Waals surface area contributed by atoms with Crippen molar-refractivity contribution in [1.29, 1.82) is 0 Å². The number of alkyl halides is 1. The van der Waals surface area contributed by atoms with Crippen LogP contribution in [0.15, 0.2) is 0 Å². The van der Waals surface area contributed by atoms with Gasteiger partial charge in [-0.2, -0.15) is 0 Å². The van der Waals surface area contributed by atoms with Crippen molar-refractivity contribution in [3.63, 3.8) is 0 Å². The third-order valence-corrected chi connectivity index (χ3v) is 1.16. The lowest BCUT2D eigenvalue weighted by Crippen LogP contribution is -1.97. The van der Waals surface area contributed by atoms with Crippen LogP contribution in [0.1, 0.15) is 6.92 Å². The maximum absolute atomic E-state index is 8.31. The van der Waals surface area contributed by atoms with Crippen molar-refractivity contribution >= 4 is 15.9 Å². The number of hydrogen-bond acceptors (Lipinski definition) is 1. The Balaban J connectivity index is 2.54. The van der Waals surface area contributed by atoms with Gasteiger partial charge in [0.1, 0.15) is 0 Å². The number of hydrogen-bond donors (Lipinski definition) is 1. The Morgan fingerprint density at radius 1 is 2.00 bits per heavy atom. The van der Waals surface area contributed by atoms with E-state index in [9.17, 15) is 0 Å². The Morgan fingerprint density at radius 2 is 2.20 bits per heavy atom.